The molecule has 0 saturated heterocycles. The highest BCUT2D eigenvalue weighted by Gasteiger charge is 2.23. The van der Waals surface area contributed by atoms with Crippen molar-refractivity contribution in [1.29, 1.82) is 0 Å². The smallest absolute Gasteiger partial charge is 0.237 e. The Bertz CT molecular complexity index is 552. The summed E-state index contributed by atoms with van der Waals surface area (Å²) in [7, 11) is -2.12. The summed E-state index contributed by atoms with van der Waals surface area (Å²) in [6.07, 6.45) is 0. The first-order chi connectivity index (χ1) is 8.27. The second-order valence-corrected chi connectivity index (χ2v) is 6.17. The van der Waals surface area contributed by atoms with E-state index < -0.39 is 21.5 Å². The number of hydrogen-bond donors (Lipinski definition) is 1. The molecular formula is C12H18N2O3S. The Balaban J connectivity index is 3.07. The van der Waals surface area contributed by atoms with Crippen molar-refractivity contribution in [2.45, 2.75) is 18.7 Å². The van der Waals surface area contributed by atoms with Gasteiger partial charge in [-0.3, -0.25) is 4.79 Å². The number of benzene rings is 1. The van der Waals surface area contributed by atoms with E-state index in [9.17, 15) is 13.2 Å². The summed E-state index contributed by atoms with van der Waals surface area (Å²) in [5.74, 6) is -0.983. The normalized spacial score (nSPS) is 11.3. The summed E-state index contributed by atoms with van der Waals surface area (Å²) in [5, 5.41) is 0. The minimum absolute atomic E-state index is 0.0281. The Morgan fingerprint density at radius 3 is 2.56 bits per heavy atom. The first kappa shape index (κ1) is 14.5. The van der Waals surface area contributed by atoms with Crippen LogP contribution in [0.1, 0.15) is 12.5 Å². The van der Waals surface area contributed by atoms with Crippen molar-refractivity contribution in [3.05, 3.63) is 23.8 Å². The third kappa shape index (κ3) is 3.22. The topological polar surface area (TPSA) is 80.5 Å². The molecule has 1 amide bonds. The summed E-state index contributed by atoms with van der Waals surface area (Å²) in [6, 6.07) is 4.76. The van der Waals surface area contributed by atoms with Crippen molar-refractivity contribution in [3.8, 4) is 0 Å². The van der Waals surface area contributed by atoms with Crippen molar-refractivity contribution in [3.63, 3.8) is 0 Å². The van der Waals surface area contributed by atoms with Crippen LogP contribution in [0.2, 0.25) is 0 Å². The molecule has 0 spiro atoms. The monoisotopic (exact) mass is 270 g/mol. The maximum absolute atomic E-state index is 12.1. The lowest BCUT2D eigenvalue weighted by Gasteiger charge is -2.15. The molecular weight excluding hydrogens is 252 g/mol. The largest absolute Gasteiger partial charge is 0.398 e. The summed E-state index contributed by atoms with van der Waals surface area (Å²) in [6.45, 7) is 4.03. The number of sulfone groups is 1. The fourth-order valence-electron chi connectivity index (χ4n) is 1.44. The van der Waals surface area contributed by atoms with Crippen LogP contribution in [-0.4, -0.2) is 38.6 Å². The summed E-state index contributed by atoms with van der Waals surface area (Å²) < 4.78 is 24.2. The number of nitrogens with two attached hydrogens (primary N) is 1. The van der Waals surface area contributed by atoms with Gasteiger partial charge in [0.15, 0.2) is 9.84 Å². The van der Waals surface area contributed by atoms with Gasteiger partial charge in [0.1, 0.15) is 5.75 Å². The van der Waals surface area contributed by atoms with Gasteiger partial charge in [0, 0.05) is 13.6 Å². The second-order valence-electron chi connectivity index (χ2n) is 4.21. The fraction of sp³-hybridized carbons (Fsp3) is 0.417. The van der Waals surface area contributed by atoms with E-state index in [4.69, 9.17) is 5.73 Å². The lowest BCUT2D eigenvalue weighted by atomic mass is 10.2. The Kier molecular flexibility index (Phi) is 4.34. The standard InChI is InChI=1S/C12H18N2O3S/c1-4-14(3)12(15)8-18(16,17)11-7-9(2)5-6-10(11)13/h5-7H,4,8,13H2,1-3H3. The van der Waals surface area contributed by atoms with Crippen LogP contribution >= 0.6 is 0 Å². The number of carbonyl (C=O) groups excluding carboxylic acids is 1. The number of rotatable bonds is 4. The van der Waals surface area contributed by atoms with Crippen LogP contribution in [0.5, 0.6) is 0 Å². The molecule has 0 atom stereocenters. The van der Waals surface area contributed by atoms with Crippen molar-refractivity contribution in [2.75, 3.05) is 25.1 Å². The number of amides is 1. The summed E-state index contributed by atoms with van der Waals surface area (Å²) in [4.78, 5) is 13.1. The van der Waals surface area contributed by atoms with E-state index in [2.05, 4.69) is 0 Å². The van der Waals surface area contributed by atoms with Gasteiger partial charge in [-0.2, -0.15) is 0 Å². The zero-order valence-electron chi connectivity index (χ0n) is 10.8. The number of nitrogen functional groups attached to an aromatic ring is 1. The zero-order chi connectivity index (χ0) is 13.9. The summed E-state index contributed by atoms with van der Waals surface area (Å²) >= 11 is 0. The van der Waals surface area contributed by atoms with E-state index in [1.54, 1.807) is 27.0 Å². The van der Waals surface area contributed by atoms with Crippen LogP contribution < -0.4 is 5.73 Å². The van der Waals surface area contributed by atoms with E-state index in [0.717, 1.165) is 5.56 Å². The molecule has 0 unspecified atom stereocenters. The number of anilines is 1. The molecule has 0 heterocycles. The first-order valence-electron chi connectivity index (χ1n) is 5.60. The molecule has 2 N–H and O–H groups in total. The lowest BCUT2D eigenvalue weighted by Crippen LogP contribution is -2.32. The molecule has 18 heavy (non-hydrogen) atoms. The van der Waals surface area contributed by atoms with Crippen LogP contribution in [-0.2, 0) is 14.6 Å². The third-order valence-corrected chi connectivity index (χ3v) is 4.37. The number of nitrogens with zero attached hydrogens (tertiary/aromatic N) is 1. The first-order valence-corrected chi connectivity index (χ1v) is 7.26. The molecule has 5 nitrogen and oxygen atoms in total. The highest BCUT2D eigenvalue weighted by atomic mass is 32.2. The molecule has 0 aromatic heterocycles. The third-order valence-electron chi connectivity index (χ3n) is 2.72. The Labute approximate surface area is 108 Å². The Morgan fingerprint density at radius 2 is 2.00 bits per heavy atom. The molecule has 1 aromatic rings. The molecule has 0 bridgehead atoms. The number of hydrogen-bond acceptors (Lipinski definition) is 4. The van der Waals surface area contributed by atoms with E-state index in [1.807, 2.05) is 0 Å². The molecule has 0 radical (unpaired) electrons. The lowest BCUT2D eigenvalue weighted by molar-refractivity contribution is -0.126. The second kappa shape index (κ2) is 5.39. The highest BCUT2D eigenvalue weighted by molar-refractivity contribution is 7.92. The minimum atomic E-state index is -3.68. The zero-order valence-corrected chi connectivity index (χ0v) is 11.6. The van der Waals surface area contributed by atoms with Crippen LogP contribution in [0.3, 0.4) is 0 Å². The van der Waals surface area contributed by atoms with Gasteiger partial charge in [-0.25, -0.2) is 8.42 Å². The maximum atomic E-state index is 12.1. The van der Waals surface area contributed by atoms with E-state index in [1.165, 1.54) is 17.0 Å². The molecule has 1 rings (SSSR count). The Hall–Kier alpha value is -1.56. The van der Waals surface area contributed by atoms with Gasteiger partial charge in [0.25, 0.3) is 0 Å². The average molecular weight is 270 g/mol. The van der Waals surface area contributed by atoms with Crippen molar-refractivity contribution >= 4 is 21.4 Å². The predicted molar refractivity (Wildman–Crippen MR) is 71.0 cm³/mol. The van der Waals surface area contributed by atoms with Crippen molar-refractivity contribution in [1.82, 2.24) is 4.90 Å². The molecule has 0 aliphatic carbocycles. The van der Waals surface area contributed by atoms with Gasteiger partial charge in [0.2, 0.25) is 5.91 Å². The SMILES string of the molecule is CCN(C)C(=O)CS(=O)(=O)c1cc(C)ccc1N. The van der Waals surface area contributed by atoms with Gasteiger partial charge in [-0.15, -0.1) is 0 Å². The predicted octanol–water partition coefficient (Wildman–Crippen LogP) is 0.829. The van der Waals surface area contributed by atoms with E-state index >= 15 is 0 Å². The van der Waals surface area contributed by atoms with Gasteiger partial charge in [-0.05, 0) is 31.5 Å². The number of aryl methyl sites for hydroxylation is 1. The van der Waals surface area contributed by atoms with Gasteiger partial charge >= 0.3 is 0 Å². The van der Waals surface area contributed by atoms with Gasteiger partial charge in [0.05, 0.1) is 10.6 Å². The molecule has 100 valence electrons. The van der Waals surface area contributed by atoms with Crippen molar-refractivity contribution < 1.29 is 13.2 Å². The van der Waals surface area contributed by atoms with Crippen LogP contribution in [0.15, 0.2) is 23.1 Å². The molecule has 0 saturated carbocycles. The van der Waals surface area contributed by atoms with Crippen LogP contribution in [0, 0.1) is 6.92 Å². The fourth-order valence-corrected chi connectivity index (χ4v) is 2.93. The highest BCUT2D eigenvalue weighted by Crippen LogP contribution is 2.21. The van der Waals surface area contributed by atoms with Crippen LogP contribution in [0.25, 0.3) is 0 Å². The Morgan fingerprint density at radius 1 is 1.39 bits per heavy atom. The van der Waals surface area contributed by atoms with Gasteiger partial charge in [-0.1, -0.05) is 6.07 Å². The molecule has 1 aromatic carbocycles. The van der Waals surface area contributed by atoms with Crippen LogP contribution in [0.4, 0.5) is 5.69 Å². The summed E-state index contributed by atoms with van der Waals surface area (Å²) in [5.41, 5.74) is 6.62. The van der Waals surface area contributed by atoms with E-state index in [-0.39, 0.29) is 10.6 Å². The molecule has 0 aliphatic rings. The minimum Gasteiger partial charge on any atom is -0.398 e. The number of carbonyl (C=O) groups is 1. The van der Waals surface area contributed by atoms with Crippen molar-refractivity contribution in [2.24, 2.45) is 0 Å². The molecule has 0 fully saturated rings. The molecule has 6 heteroatoms. The maximum Gasteiger partial charge on any atom is 0.237 e. The van der Waals surface area contributed by atoms with E-state index in [0.29, 0.717) is 6.54 Å². The average Bonchev–Trinajstić information content (AvgIpc) is 2.30. The van der Waals surface area contributed by atoms with Gasteiger partial charge < -0.3 is 10.6 Å². The quantitative estimate of drug-likeness (QED) is 0.822. The molecule has 0 aliphatic heterocycles.